The number of aliphatic carboxylic acids is 1. The fraction of sp³-hybridized carbons (Fsp3) is 0.353. The zero-order valence-corrected chi connectivity index (χ0v) is 14.1. The van der Waals surface area contributed by atoms with Crippen molar-refractivity contribution < 1.29 is 14.7 Å². The molecule has 1 aliphatic heterocycles. The summed E-state index contributed by atoms with van der Waals surface area (Å²) in [5.41, 5.74) is 1.94. The van der Waals surface area contributed by atoms with E-state index in [-0.39, 0.29) is 18.6 Å². The minimum absolute atomic E-state index is 0.219. The largest absolute Gasteiger partial charge is 0.481 e. The van der Waals surface area contributed by atoms with Gasteiger partial charge in [-0.15, -0.1) is 11.3 Å². The summed E-state index contributed by atoms with van der Waals surface area (Å²) in [6, 6.07) is 9.43. The van der Waals surface area contributed by atoms with Crippen molar-refractivity contribution in [3.05, 3.63) is 40.7 Å². The van der Waals surface area contributed by atoms with E-state index in [4.69, 9.17) is 5.11 Å². The lowest BCUT2D eigenvalue weighted by Gasteiger charge is -2.19. The van der Waals surface area contributed by atoms with Gasteiger partial charge in [-0.2, -0.15) is 0 Å². The number of urea groups is 1. The minimum Gasteiger partial charge on any atom is -0.481 e. The Labute approximate surface area is 144 Å². The third kappa shape index (κ3) is 3.56. The Morgan fingerprint density at radius 1 is 1.38 bits per heavy atom. The molecule has 6 nitrogen and oxygen atoms in total. The molecule has 1 fully saturated rings. The highest BCUT2D eigenvalue weighted by Gasteiger charge is 2.31. The van der Waals surface area contributed by atoms with Crippen molar-refractivity contribution in [3.63, 3.8) is 0 Å². The molecule has 1 aromatic heterocycles. The number of nitrogens with zero attached hydrogens (tertiary/aromatic N) is 2. The zero-order valence-electron chi connectivity index (χ0n) is 13.3. The van der Waals surface area contributed by atoms with Crippen LogP contribution in [0.3, 0.4) is 0 Å². The van der Waals surface area contributed by atoms with Crippen molar-refractivity contribution in [2.75, 3.05) is 13.1 Å². The second-order valence-electron chi connectivity index (χ2n) is 5.88. The lowest BCUT2D eigenvalue weighted by Crippen LogP contribution is -2.40. The number of likely N-dealkylation sites (tertiary alicyclic amines) is 1. The van der Waals surface area contributed by atoms with Crippen LogP contribution in [0.4, 0.5) is 4.79 Å². The van der Waals surface area contributed by atoms with Gasteiger partial charge in [-0.1, -0.05) is 30.3 Å². The molecular weight excluding hydrogens is 326 g/mol. The fourth-order valence-electron chi connectivity index (χ4n) is 2.71. The monoisotopic (exact) mass is 345 g/mol. The molecule has 0 bridgehead atoms. The number of aromatic nitrogens is 1. The number of amides is 2. The maximum Gasteiger partial charge on any atom is 0.317 e. The summed E-state index contributed by atoms with van der Waals surface area (Å²) in [6.07, 6.45) is 0.506. The average molecular weight is 345 g/mol. The van der Waals surface area contributed by atoms with Crippen molar-refractivity contribution in [1.29, 1.82) is 0 Å². The number of carboxylic acids is 1. The Bertz CT molecular complexity index is 732. The summed E-state index contributed by atoms with van der Waals surface area (Å²) in [7, 11) is 0. The van der Waals surface area contributed by atoms with Gasteiger partial charge in [-0.05, 0) is 13.3 Å². The van der Waals surface area contributed by atoms with Gasteiger partial charge in [-0.25, -0.2) is 9.78 Å². The minimum atomic E-state index is -0.842. The fourth-order valence-corrected chi connectivity index (χ4v) is 3.55. The number of carboxylic acid groups (broad SMARTS) is 1. The van der Waals surface area contributed by atoms with Gasteiger partial charge in [0.2, 0.25) is 0 Å². The second-order valence-corrected chi connectivity index (χ2v) is 6.77. The Hall–Kier alpha value is -2.41. The van der Waals surface area contributed by atoms with Crippen molar-refractivity contribution in [3.8, 4) is 11.3 Å². The van der Waals surface area contributed by atoms with Crippen molar-refractivity contribution in [2.45, 2.75) is 19.4 Å². The molecule has 1 aliphatic rings. The van der Waals surface area contributed by atoms with Gasteiger partial charge in [0.05, 0.1) is 17.7 Å². The van der Waals surface area contributed by atoms with E-state index < -0.39 is 11.9 Å². The molecule has 0 radical (unpaired) electrons. The molecule has 2 heterocycles. The van der Waals surface area contributed by atoms with E-state index in [9.17, 15) is 9.59 Å². The summed E-state index contributed by atoms with van der Waals surface area (Å²) in [6.45, 7) is 2.62. The van der Waals surface area contributed by atoms with Crippen molar-refractivity contribution in [1.82, 2.24) is 15.2 Å². The predicted molar refractivity (Wildman–Crippen MR) is 91.8 cm³/mol. The van der Waals surface area contributed by atoms with E-state index in [0.29, 0.717) is 13.0 Å². The van der Waals surface area contributed by atoms with Crippen molar-refractivity contribution in [2.24, 2.45) is 5.92 Å². The van der Waals surface area contributed by atoms with Gasteiger partial charge in [0.1, 0.15) is 5.01 Å². The number of rotatable bonds is 4. The SMILES string of the molecule is CC(NC(=O)N1CCC(C(=O)O)C1)c1nc(-c2ccccc2)cs1. The Morgan fingerprint density at radius 3 is 2.79 bits per heavy atom. The van der Waals surface area contributed by atoms with E-state index in [1.165, 1.54) is 11.3 Å². The van der Waals surface area contributed by atoms with Crippen LogP contribution in [0.2, 0.25) is 0 Å². The van der Waals surface area contributed by atoms with Gasteiger partial charge < -0.3 is 15.3 Å². The smallest absolute Gasteiger partial charge is 0.317 e. The Kier molecular flexibility index (Phi) is 4.80. The van der Waals surface area contributed by atoms with Crippen LogP contribution in [0.15, 0.2) is 35.7 Å². The summed E-state index contributed by atoms with van der Waals surface area (Å²) in [4.78, 5) is 29.4. The molecule has 1 aromatic carbocycles. The van der Waals surface area contributed by atoms with Gasteiger partial charge >= 0.3 is 12.0 Å². The van der Waals surface area contributed by atoms with Crippen LogP contribution in [-0.2, 0) is 4.79 Å². The summed E-state index contributed by atoms with van der Waals surface area (Å²) in [5.74, 6) is -1.30. The lowest BCUT2D eigenvalue weighted by molar-refractivity contribution is -0.141. The van der Waals surface area contributed by atoms with E-state index in [1.807, 2.05) is 42.6 Å². The highest BCUT2D eigenvalue weighted by atomic mass is 32.1. The van der Waals surface area contributed by atoms with Gasteiger partial charge in [-0.3, -0.25) is 4.79 Å². The molecule has 2 unspecified atom stereocenters. The molecule has 3 rings (SSSR count). The molecule has 0 aliphatic carbocycles. The van der Waals surface area contributed by atoms with E-state index in [1.54, 1.807) is 4.90 Å². The van der Waals surface area contributed by atoms with Crippen LogP contribution >= 0.6 is 11.3 Å². The number of benzene rings is 1. The molecule has 126 valence electrons. The van der Waals surface area contributed by atoms with Gasteiger partial charge in [0.15, 0.2) is 0 Å². The first-order valence-corrected chi connectivity index (χ1v) is 8.71. The predicted octanol–water partition coefficient (Wildman–Crippen LogP) is 2.99. The lowest BCUT2D eigenvalue weighted by atomic mass is 10.1. The first kappa shape index (κ1) is 16.4. The number of carbonyl (C=O) groups is 2. The van der Waals surface area contributed by atoms with Crippen LogP contribution in [-0.4, -0.2) is 40.1 Å². The van der Waals surface area contributed by atoms with E-state index >= 15 is 0 Å². The summed E-state index contributed by atoms with van der Waals surface area (Å²) < 4.78 is 0. The normalized spacial score (nSPS) is 18.4. The molecule has 1 saturated heterocycles. The standard InChI is InChI=1S/C17H19N3O3S/c1-11(18-17(23)20-8-7-13(9-20)16(21)22)15-19-14(10-24-15)12-5-3-2-4-6-12/h2-6,10-11,13H,7-9H2,1H3,(H,18,23)(H,21,22). The van der Waals surface area contributed by atoms with Crippen LogP contribution < -0.4 is 5.32 Å². The Balaban J connectivity index is 1.61. The maximum atomic E-state index is 12.3. The van der Waals surface area contributed by atoms with E-state index in [2.05, 4.69) is 10.3 Å². The maximum absolute atomic E-state index is 12.3. The first-order chi connectivity index (χ1) is 11.5. The van der Waals surface area contributed by atoms with E-state index in [0.717, 1.165) is 16.3 Å². The summed E-state index contributed by atoms with van der Waals surface area (Å²) >= 11 is 1.50. The van der Waals surface area contributed by atoms with Crippen molar-refractivity contribution >= 4 is 23.3 Å². The summed E-state index contributed by atoms with van der Waals surface area (Å²) in [5, 5.41) is 14.7. The second kappa shape index (κ2) is 7.00. The average Bonchev–Trinajstić information content (AvgIpc) is 3.25. The molecular formula is C17H19N3O3S. The van der Waals surface area contributed by atoms with Crippen LogP contribution in [0.25, 0.3) is 11.3 Å². The third-order valence-electron chi connectivity index (χ3n) is 4.13. The third-order valence-corrected chi connectivity index (χ3v) is 5.15. The number of thiazole rings is 1. The molecule has 24 heavy (non-hydrogen) atoms. The van der Waals surface area contributed by atoms with Crippen LogP contribution in [0.1, 0.15) is 24.4 Å². The van der Waals surface area contributed by atoms with Gasteiger partial charge in [0, 0.05) is 24.0 Å². The highest BCUT2D eigenvalue weighted by molar-refractivity contribution is 7.10. The Morgan fingerprint density at radius 2 is 2.12 bits per heavy atom. The number of hydrogen-bond donors (Lipinski definition) is 2. The number of nitrogens with one attached hydrogen (secondary N) is 1. The molecule has 2 N–H and O–H groups in total. The zero-order chi connectivity index (χ0) is 17.1. The first-order valence-electron chi connectivity index (χ1n) is 7.83. The molecule has 2 amide bonds. The van der Waals surface area contributed by atoms with Gasteiger partial charge in [0.25, 0.3) is 0 Å². The highest BCUT2D eigenvalue weighted by Crippen LogP contribution is 2.25. The molecule has 2 aromatic rings. The van der Waals surface area contributed by atoms with Crippen LogP contribution in [0, 0.1) is 5.92 Å². The number of hydrogen-bond acceptors (Lipinski definition) is 4. The molecule has 7 heteroatoms. The van der Waals surface area contributed by atoms with Crippen LogP contribution in [0.5, 0.6) is 0 Å². The molecule has 0 spiro atoms. The molecule has 0 saturated carbocycles. The quantitative estimate of drug-likeness (QED) is 0.892. The molecule has 2 atom stereocenters. The number of carbonyl (C=O) groups excluding carboxylic acids is 1. The topological polar surface area (TPSA) is 82.5 Å².